The summed E-state index contributed by atoms with van der Waals surface area (Å²) < 4.78 is 4.03. The Morgan fingerprint density at radius 3 is 0.783 bits per heavy atom. The fourth-order valence-electron chi connectivity index (χ4n) is 12.2. The molecule has 0 atom stereocenters. The molecule has 0 saturated heterocycles. The lowest BCUT2D eigenvalue weighted by Gasteiger charge is -2.18. The fraction of sp³-hybridized carbons (Fsp3) is 0. The third-order valence-electron chi connectivity index (χ3n) is 16.5. The zero-order valence-electron chi connectivity index (χ0n) is 48.0. The Morgan fingerprint density at radius 2 is 0.522 bits per heavy atom. The minimum Gasteiger partial charge on any atom is -0.308 e. The van der Waals surface area contributed by atoms with Crippen LogP contribution < -0.4 is 0 Å². The Labute approximate surface area is 525 Å². The highest BCUT2D eigenvalue weighted by Crippen LogP contribution is 2.45. The van der Waals surface area contributed by atoms with Crippen molar-refractivity contribution >= 4 is 43.6 Å². The van der Waals surface area contributed by atoms with Gasteiger partial charge < -0.3 is 9.13 Å². The summed E-state index contributed by atoms with van der Waals surface area (Å²) >= 11 is 0. The summed E-state index contributed by atoms with van der Waals surface area (Å²) in [5.74, 6) is 1.08. The summed E-state index contributed by atoms with van der Waals surface area (Å²) in [7, 11) is 0. The van der Waals surface area contributed by atoms with Gasteiger partial charge in [0.15, 0.2) is 17.5 Å². The molecule has 418 valence electrons. The van der Waals surface area contributed by atoms with Crippen LogP contribution in [0.5, 0.6) is 0 Å². The van der Waals surface area contributed by atoms with Crippen molar-refractivity contribution in [1.82, 2.24) is 24.1 Å². The van der Waals surface area contributed by atoms with Gasteiger partial charge >= 0.3 is 0 Å². The predicted octanol–water partition coefficient (Wildman–Crippen LogP) is 16.6. The Morgan fingerprint density at radius 1 is 0.239 bits per heavy atom. The standard InChI is InChI=1S/C78H36N14/c79-37-46-11-19-61(57(27-46)41-83)52-15-23-70-65(31-52)66-32-53(62-20-12-47(38-80)28-58(62)42-84)16-24-71(66)91(70)74-35-56(78-89-76(50-7-3-1-4-8-50)88-77(90-78)51-9-5-2-6-10-51)36-75(69(74)45-87)92-72-25-17-54(63-21-13-48(39-81)29-59(63)43-85)33-67(72)68-34-55(18-26-73(68)92)64-22-14-49(40-82)30-60(64)44-86/h1-36H. The van der Waals surface area contributed by atoms with Crippen molar-refractivity contribution in [3.8, 4) is 145 Å². The summed E-state index contributed by atoms with van der Waals surface area (Å²) in [6.07, 6.45) is 0. The van der Waals surface area contributed by atoms with Gasteiger partial charge in [0, 0.05) is 38.2 Å². The Bertz CT molecular complexity index is 5330. The molecule has 14 aromatic rings. The quantitative estimate of drug-likeness (QED) is 0.131. The molecule has 0 radical (unpaired) electrons. The number of rotatable bonds is 9. The Hall–Kier alpha value is -14.6. The molecule has 11 aromatic carbocycles. The molecule has 0 spiro atoms. The summed E-state index contributed by atoms with van der Waals surface area (Å²) in [4.78, 5) is 15.5. The van der Waals surface area contributed by atoms with E-state index in [1.54, 1.807) is 72.8 Å². The highest BCUT2D eigenvalue weighted by atomic mass is 15.1. The first kappa shape index (κ1) is 55.3. The molecular weight excluding hydrogens is 1130 g/mol. The maximum atomic E-state index is 12.2. The van der Waals surface area contributed by atoms with Crippen molar-refractivity contribution in [2.24, 2.45) is 0 Å². The van der Waals surface area contributed by atoms with Gasteiger partial charge in [-0.2, -0.15) is 47.4 Å². The zero-order valence-corrected chi connectivity index (χ0v) is 48.0. The van der Waals surface area contributed by atoms with Gasteiger partial charge in [-0.3, -0.25) is 0 Å². The number of nitriles is 9. The van der Waals surface area contributed by atoms with E-state index < -0.39 is 0 Å². The average Bonchev–Trinajstić information content (AvgIpc) is 1.56. The molecule has 0 aliphatic heterocycles. The van der Waals surface area contributed by atoms with Gasteiger partial charge in [-0.25, -0.2) is 15.0 Å². The van der Waals surface area contributed by atoms with Crippen LogP contribution in [0.3, 0.4) is 0 Å². The molecule has 14 nitrogen and oxygen atoms in total. The van der Waals surface area contributed by atoms with Crippen molar-refractivity contribution in [1.29, 1.82) is 47.4 Å². The lowest BCUT2D eigenvalue weighted by Crippen LogP contribution is -2.07. The topological polar surface area (TPSA) is 263 Å². The van der Waals surface area contributed by atoms with E-state index in [1.807, 2.05) is 155 Å². The number of hydrogen-bond donors (Lipinski definition) is 0. The second-order valence-electron chi connectivity index (χ2n) is 21.6. The summed E-state index contributed by atoms with van der Waals surface area (Å²) in [5.41, 5.74) is 13.2. The predicted molar refractivity (Wildman–Crippen MR) is 349 cm³/mol. The van der Waals surface area contributed by atoms with Crippen LogP contribution >= 0.6 is 0 Å². The van der Waals surface area contributed by atoms with Crippen LogP contribution in [0, 0.1) is 102 Å². The number of aromatic nitrogens is 5. The first-order valence-electron chi connectivity index (χ1n) is 28.6. The fourth-order valence-corrected chi connectivity index (χ4v) is 12.2. The van der Waals surface area contributed by atoms with Crippen LogP contribution in [0.25, 0.3) is 134 Å². The summed E-state index contributed by atoms with van der Waals surface area (Å²) in [5, 5.41) is 96.2. The zero-order chi connectivity index (χ0) is 63.1. The Kier molecular flexibility index (Phi) is 13.6. The molecular formula is C78H36N14. The van der Waals surface area contributed by atoms with Crippen molar-refractivity contribution in [2.75, 3.05) is 0 Å². The number of hydrogen-bond acceptors (Lipinski definition) is 12. The van der Waals surface area contributed by atoms with E-state index in [2.05, 4.69) is 54.6 Å². The van der Waals surface area contributed by atoms with Gasteiger partial charge in [0.1, 0.15) is 11.6 Å². The van der Waals surface area contributed by atoms with Gasteiger partial charge in [0.25, 0.3) is 0 Å². The molecule has 0 aliphatic carbocycles. The molecule has 14 rings (SSSR count). The molecule has 92 heavy (non-hydrogen) atoms. The van der Waals surface area contributed by atoms with Crippen molar-refractivity contribution in [3.05, 3.63) is 268 Å². The number of benzene rings is 11. The van der Waals surface area contributed by atoms with E-state index in [9.17, 15) is 47.4 Å². The molecule has 0 amide bonds. The van der Waals surface area contributed by atoms with E-state index in [-0.39, 0.29) is 11.4 Å². The van der Waals surface area contributed by atoms with Gasteiger partial charge in [0.2, 0.25) is 0 Å². The molecule has 0 bridgehead atoms. The second-order valence-corrected chi connectivity index (χ2v) is 21.6. The molecule has 14 heteroatoms. The molecule has 0 N–H and O–H groups in total. The van der Waals surface area contributed by atoms with Crippen LogP contribution in [0.4, 0.5) is 0 Å². The van der Waals surface area contributed by atoms with E-state index in [1.165, 1.54) is 0 Å². The maximum absolute atomic E-state index is 12.2. The first-order valence-corrected chi connectivity index (χ1v) is 28.6. The third-order valence-corrected chi connectivity index (χ3v) is 16.5. The van der Waals surface area contributed by atoms with E-state index in [0.717, 1.165) is 11.1 Å². The van der Waals surface area contributed by atoms with Crippen LogP contribution in [-0.2, 0) is 0 Å². The van der Waals surface area contributed by atoms with Gasteiger partial charge in [-0.05, 0) is 154 Å². The smallest absolute Gasteiger partial charge is 0.164 e. The van der Waals surface area contributed by atoms with Crippen LogP contribution in [0.2, 0.25) is 0 Å². The normalized spacial score (nSPS) is 10.7. The largest absolute Gasteiger partial charge is 0.308 e. The molecule has 0 aliphatic rings. The van der Waals surface area contributed by atoms with Gasteiger partial charge in [-0.15, -0.1) is 0 Å². The SMILES string of the molecule is N#Cc1ccc(-c2ccc3c(c2)c2cc(-c4ccc(C#N)cc4C#N)ccc2n3-c2cc(-c3nc(-c4ccccc4)nc(-c4ccccc4)n3)cc(-n3c4ccc(-c5ccc(C#N)cc5C#N)cc4c4cc(-c5ccc(C#N)cc5C#N)ccc43)c2C#N)c(C#N)c1. The monoisotopic (exact) mass is 1170 g/mol. The van der Waals surface area contributed by atoms with Crippen LogP contribution in [-0.4, -0.2) is 24.1 Å². The molecule has 0 saturated carbocycles. The van der Waals surface area contributed by atoms with E-state index in [0.29, 0.717) is 161 Å². The van der Waals surface area contributed by atoms with Crippen molar-refractivity contribution in [2.45, 2.75) is 0 Å². The highest BCUT2D eigenvalue weighted by Gasteiger charge is 2.26. The van der Waals surface area contributed by atoms with Crippen molar-refractivity contribution < 1.29 is 0 Å². The maximum Gasteiger partial charge on any atom is 0.164 e. The van der Waals surface area contributed by atoms with Crippen LogP contribution in [0.15, 0.2) is 218 Å². The lowest BCUT2D eigenvalue weighted by molar-refractivity contribution is 1.06. The number of nitrogens with zero attached hydrogens (tertiary/aromatic N) is 14. The molecule has 3 heterocycles. The summed E-state index contributed by atoms with van der Waals surface area (Å²) in [6, 6.07) is 86.4. The van der Waals surface area contributed by atoms with Crippen molar-refractivity contribution in [3.63, 3.8) is 0 Å². The second kappa shape index (κ2) is 22.7. The molecule has 0 fully saturated rings. The Balaban J connectivity index is 1.12. The highest BCUT2D eigenvalue weighted by molar-refractivity contribution is 6.14. The van der Waals surface area contributed by atoms with Crippen LogP contribution in [0.1, 0.15) is 50.1 Å². The summed E-state index contributed by atoms with van der Waals surface area (Å²) in [6.45, 7) is 0. The number of fused-ring (bicyclic) bond motifs is 6. The minimum absolute atomic E-state index is 0.226. The minimum atomic E-state index is 0.226. The average molecular weight is 1170 g/mol. The van der Waals surface area contributed by atoms with Gasteiger partial charge in [0.05, 0.1) is 127 Å². The van der Waals surface area contributed by atoms with E-state index >= 15 is 0 Å². The third kappa shape index (κ3) is 9.35. The molecule has 0 unspecified atom stereocenters. The molecule has 3 aromatic heterocycles. The first-order chi connectivity index (χ1) is 45.2. The van der Waals surface area contributed by atoms with Gasteiger partial charge in [-0.1, -0.05) is 109 Å². The lowest BCUT2D eigenvalue weighted by atomic mass is 9.95. The van der Waals surface area contributed by atoms with E-state index in [4.69, 9.17) is 15.0 Å².